The van der Waals surface area contributed by atoms with Crippen LogP contribution in [-0.2, 0) is 12.8 Å². The number of nitrogens with one attached hydrogen (secondary N) is 1. The van der Waals surface area contributed by atoms with E-state index in [0.29, 0.717) is 0 Å². The van der Waals surface area contributed by atoms with Crippen molar-refractivity contribution in [2.75, 3.05) is 11.9 Å². The largest absolute Gasteiger partial charge is 0.384 e. The second-order valence-corrected chi connectivity index (χ2v) is 6.39. The minimum atomic E-state index is 1.03. The lowest BCUT2D eigenvalue weighted by molar-refractivity contribution is 0.709. The molecule has 1 aromatic heterocycles. The van der Waals surface area contributed by atoms with E-state index in [2.05, 4.69) is 46.4 Å². The number of pyridine rings is 1. The average molecular weight is 333 g/mol. The number of para-hydroxylation sites is 1. The van der Waals surface area contributed by atoms with E-state index in [4.69, 9.17) is 4.98 Å². The van der Waals surface area contributed by atoms with Crippen LogP contribution in [0.2, 0.25) is 0 Å². The van der Waals surface area contributed by atoms with Crippen LogP contribution in [0.5, 0.6) is 0 Å². The predicted molar refractivity (Wildman–Crippen MR) is 89.5 cm³/mol. The fourth-order valence-electron chi connectivity index (χ4n) is 3.04. The van der Waals surface area contributed by atoms with E-state index in [9.17, 15) is 0 Å². The van der Waals surface area contributed by atoms with Crippen molar-refractivity contribution in [2.24, 2.45) is 0 Å². The Hall–Kier alpha value is -1.09. The molecule has 1 N–H and O–H groups in total. The molecule has 2 aromatic rings. The fourth-order valence-corrected chi connectivity index (χ4v) is 3.49. The second-order valence-electron chi connectivity index (χ2n) is 5.54. The Morgan fingerprint density at radius 3 is 2.90 bits per heavy atom. The number of halogens is 1. The van der Waals surface area contributed by atoms with E-state index in [0.717, 1.165) is 35.8 Å². The van der Waals surface area contributed by atoms with Gasteiger partial charge in [0.05, 0.1) is 5.52 Å². The van der Waals surface area contributed by atoms with E-state index in [1.807, 2.05) is 0 Å². The summed E-state index contributed by atoms with van der Waals surface area (Å²) in [6.45, 7) is 3.24. The maximum atomic E-state index is 4.96. The standard InChI is InChI=1S/C17H21BrN2/c1-2-11-19-16-12-7-4-3-5-10-15(12)20-17-13(16)8-6-9-14(17)18/h6,8-9H,2-5,7,10-11H2,1H3,(H,19,20). The summed E-state index contributed by atoms with van der Waals surface area (Å²) < 4.78 is 1.10. The highest BCUT2D eigenvalue weighted by molar-refractivity contribution is 9.10. The highest BCUT2D eigenvalue weighted by Gasteiger charge is 2.17. The zero-order chi connectivity index (χ0) is 13.9. The van der Waals surface area contributed by atoms with Crippen molar-refractivity contribution >= 4 is 32.5 Å². The molecular weight excluding hydrogens is 312 g/mol. The van der Waals surface area contributed by atoms with Gasteiger partial charge in [-0.25, -0.2) is 0 Å². The van der Waals surface area contributed by atoms with Crippen LogP contribution in [-0.4, -0.2) is 11.5 Å². The molecule has 0 aliphatic heterocycles. The van der Waals surface area contributed by atoms with Crippen molar-refractivity contribution in [3.8, 4) is 0 Å². The number of fused-ring (bicyclic) bond motifs is 2. The molecule has 0 atom stereocenters. The summed E-state index contributed by atoms with van der Waals surface area (Å²) >= 11 is 3.66. The summed E-state index contributed by atoms with van der Waals surface area (Å²) in [7, 11) is 0. The summed E-state index contributed by atoms with van der Waals surface area (Å²) in [4.78, 5) is 4.96. The number of hydrogen-bond acceptors (Lipinski definition) is 2. The molecule has 0 unspecified atom stereocenters. The number of aryl methyl sites for hydroxylation is 1. The molecule has 3 rings (SSSR count). The van der Waals surface area contributed by atoms with Crippen LogP contribution in [0.15, 0.2) is 22.7 Å². The van der Waals surface area contributed by atoms with Crippen molar-refractivity contribution in [1.29, 1.82) is 0 Å². The van der Waals surface area contributed by atoms with Crippen molar-refractivity contribution in [2.45, 2.75) is 45.4 Å². The summed E-state index contributed by atoms with van der Waals surface area (Å²) in [6, 6.07) is 6.38. The van der Waals surface area contributed by atoms with Crippen LogP contribution in [0.25, 0.3) is 10.9 Å². The van der Waals surface area contributed by atoms with E-state index >= 15 is 0 Å². The van der Waals surface area contributed by atoms with Crippen LogP contribution >= 0.6 is 15.9 Å². The van der Waals surface area contributed by atoms with Crippen molar-refractivity contribution in [1.82, 2.24) is 4.98 Å². The van der Waals surface area contributed by atoms with Gasteiger partial charge in [-0.05, 0) is 59.7 Å². The first-order chi connectivity index (χ1) is 9.81. The van der Waals surface area contributed by atoms with Crippen LogP contribution in [0, 0.1) is 0 Å². The molecule has 0 spiro atoms. The van der Waals surface area contributed by atoms with Gasteiger partial charge >= 0.3 is 0 Å². The lowest BCUT2D eigenvalue weighted by atomic mass is 10.0. The molecule has 3 heteroatoms. The van der Waals surface area contributed by atoms with Crippen molar-refractivity contribution in [3.63, 3.8) is 0 Å². The smallest absolute Gasteiger partial charge is 0.0868 e. The minimum Gasteiger partial charge on any atom is -0.384 e. The molecule has 0 saturated heterocycles. The molecular formula is C17H21BrN2. The topological polar surface area (TPSA) is 24.9 Å². The van der Waals surface area contributed by atoms with Gasteiger partial charge in [0.25, 0.3) is 0 Å². The van der Waals surface area contributed by atoms with Crippen LogP contribution < -0.4 is 5.32 Å². The zero-order valence-electron chi connectivity index (χ0n) is 12.0. The van der Waals surface area contributed by atoms with E-state index in [-0.39, 0.29) is 0 Å². The lowest BCUT2D eigenvalue weighted by Gasteiger charge is -2.17. The number of nitrogens with zero attached hydrogens (tertiary/aromatic N) is 1. The van der Waals surface area contributed by atoms with Crippen LogP contribution in [0.4, 0.5) is 5.69 Å². The maximum absolute atomic E-state index is 4.96. The third kappa shape index (κ3) is 2.56. The third-order valence-corrected chi connectivity index (χ3v) is 4.69. The quantitative estimate of drug-likeness (QED) is 0.792. The van der Waals surface area contributed by atoms with Gasteiger partial charge in [-0.1, -0.05) is 25.5 Å². The normalized spacial score (nSPS) is 14.9. The highest BCUT2D eigenvalue weighted by Crippen LogP contribution is 2.35. The summed E-state index contributed by atoms with van der Waals surface area (Å²) in [5.74, 6) is 0. The minimum absolute atomic E-state index is 1.03. The van der Waals surface area contributed by atoms with Gasteiger partial charge < -0.3 is 5.32 Å². The monoisotopic (exact) mass is 332 g/mol. The van der Waals surface area contributed by atoms with Gasteiger partial charge in [-0.15, -0.1) is 0 Å². The molecule has 20 heavy (non-hydrogen) atoms. The van der Waals surface area contributed by atoms with E-state index < -0.39 is 0 Å². The van der Waals surface area contributed by atoms with Crippen LogP contribution in [0.1, 0.15) is 43.9 Å². The molecule has 0 fully saturated rings. The van der Waals surface area contributed by atoms with Crippen molar-refractivity contribution in [3.05, 3.63) is 33.9 Å². The first-order valence-corrected chi connectivity index (χ1v) is 8.44. The number of rotatable bonds is 3. The van der Waals surface area contributed by atoms with Gasteiger partial charge in [-0.3, -0.25) is 4.98 Å². The molecule has 0 bridgehead atoms. The molecule has 0 saturated carbocycles. The fraction of sp³-hybridized carbons (Fsp3) is 0.471. The Kier molecular flexibility index (Phi) is 4.25. The maximum Gasteiger partial charge on any atom is 0.0868 e. The summed E-state index contributed by atoms with van der Waals surface area (Å²) in [5, 5.41) is 4.92. The Balaban J connectivity index is 2.23. The Morgan fingerprint density at radius 2 is 2.05 bits per heavy atom. The van der Waals surface area contributed by atoms with Gasteiger partial charge in [0.1, 0.15) is 0 Å². The Bertz CT molecular complexity index is 622. The summed E-state index contributed by atoms with van der Waals surface area (Å²) in [6.07, 6.45) is 7.30. The molecule has 1 heterocycles. The molecule has 1 aliphatic rings. The first-order valence-electron chi connectivity index (χ1n) is 7.65. The average Bonchev–Trinajstić information content (AvgIpc) is 2.70. The number of hydrogen-bond donors (Lipinski definition) is 1. The van der Waals surface area contributed by atoms with Crippen molar-refractivity contribution < 1.29 is 0 Å². The van der Waals surface area contributed by atoms with Gasteiger partial charge in [0.2, 0.25) is 0 Å². The zero-order valence-corrected chi connectivity index (χ0v) is 13.6. The predicted octanol–water partition coefficient (Wildman–Crippen LogP) is 5.09. The number of aromatic nitrogens is 1. The second kappa shape index (κ2) is 6.13. The molecule has 0 amide bonds. The number of anilines is 1. The molecule has 0 radical (unpaired) electrons. The lowest BCUT2D eigenvalue weighted by Crippen LogP contribution is -2.08. The molecule has 1 aliphatic carbocycles. The van der Waals surface area contributed by atoms with E-state index in [1.54, 1.807) is 0 Å². The van der Waals surface area contributed by atoms with Gasteiger partial charge in [0.15, 0.2) is 0 Å². The molecule has 2 nitrogen and oxygen atoms in total. The molecule has 1 aromatic carbocycles. The van der Waals surface area contributed by atoms with E-state index in [1.165, 1.54) is 41.6 Å². The van der Waals surface area contributed by atoms with Crippen LogP contribution in [0.3, 0.4) is 0 Å². The Morgan fingerprint density at radius 1 is 1.20 bits per heavy atom. The molecule has 106 valence electrons. The van der Waals surface area contributed by atoms with Gasteiger partial charge in [-0.2, -0.15) is 0 Å². The summed E-state index contributed by atoms with van der Waals surface area (Å²) in [5.41, 5.74) is 5.20. The third-order valence-electron chi connectivity index (χ3n) is 4.05. The van der Waals surface area contributed by atoms with Gasteiger partial charge in [0, 0.05) is 27.8 Å². The Labute approximate surface area is 129 Å². The number of benzene rings is 1. The highest BCUT2D eigenvalue weighted by atomic mass is 79.9. The SMILES string of the molecule is CCCNc1c2c(nc3c(Br)cccc13)CCCCC2. The first kappa shape index (κ1) is 13.9.